The smallest absolute Gasteiger partial charge is 0.263 e. The Morgan fingerprint density at radius 1 is 1.16 bits per heavy atom. The van der Waals surface area contributed by atoms with Crippen LogP contribution in [0, 0.1) is 5.82 Å². The van der Waals surface area contributed by atoms with Crippen molar-refractivity contribution in [2.24, 2.45) is 0 Å². The highest BCUT2D eigenvalue weighted by molar-refractivity contribution is 7.92. The zero-order valence-electron chi connectivity index (χ0n) is 9.27. The van der Waals surface area contributed by atoms with Gasteiger partial charge < -0.3 is 0 Å². The normalized spacial score (nSPS) is 11.3. The molecule has 0 aliphatic rings. The van der Waals surface area contributed by atoms with E-state index in [9.17, 15) is 12.8 Å². The van der Waals surface area contributed by atoms with Crippen LogP contribution in [-0.4, -0.2) is 13.4 Å². The Balaban J connectivity index is 2.30. The maximum absolute atomic E-state index is 13.0. The lowest BCUT2D eigenvalue weighted by Crippen LogP contribution is -2.13. The van der Waals surface area contributed by atoms with Gasteiger partial charge in [0.25, 0.3) is 10.0 Å². The molecule has 0 radical (unpaired) electrons. The summed E-state index contributed by atoms with van der Waals surface area (Å²) in [7, 11) is -3.81. The van der Waals surface area contributed by atoms with E-state index in [-0.39, 0.29) is 20.8 Å². The molecular weight excluding hydrogens is 314 g/mol. The third-order valence-corrected chi connectivity index (χ3v) is 4.06. The van der Waals surface area contributed by atoms with E-state index in [4.69, 9.17) is 23.2 Å². The molecule has 0 atom stereocenters. The van der Waals surface area contributed by atoms with Crippen LogP contribution in [0.4, 0.5) is 10.1 Å². The predicted molar refractivity (Wildman–Crippen MR) is 71.5 cm³/mol. The molecule has 0 aliphatic heterocycles. The van der Waals surface area contributed by atoms with Crippen LogP contribution in [-0.2, 0) is 10.0 Å². The van der Waals surface area contributed by atoms with Gasteiger partial charge in [0.1, 0.15) is 15.9 Å². The van der Waals surface area contributed by atoms with Gasteiger partial charge in [0.2, 0.25) is 0 Å². The van der Waals surface area contributed by atoms with Gasteiger partial charge in [0.15, 0.2) is 0 Å². The summed E-state index contributed by atoms with van der Waals surface area (Å²) in [5, 5.41) is 0.0122. The van der Waals surface area contributed by atoms with Crippen LogP contribution in [0.25, 0.3) is 0 Å². The zero-order chi connectivity index (χ0) is 14.0. The molecule has 0 amide bonds. The molecule has 1 aromatic heterocycles. The third-order valence-electron chi connectivity index (χ3n) is 2.18. The van der Waals surface area contributed by atoms with Crippen molar-refractivity contribution >= 4 is 38.9 Å². The number of anilines is 1. The number of hydrogen-bond donors (Lipinski definition) is 1. The van der Waals surface area contributed by atoms with Crippen molar-refractivity contribution in [1.29, 1.82) is 0 Å². The van der Waals surface area contributed by atoms with Crippen molar-refractivity contribution in [3.63, 3.8) is 0 Å². The molecule has 0 aliphatic carbocycles. The van der Waals surface area contributed by atoms with Gasteiger partial charge in [-0.15, -0.1) is 0 Å². The van der Waals surface area contributed by atoms with E-state index in [1.807, 2.05) is 0 Å². The van der Waals surface area contributed by atoms with Crippen LogP contribution in [0.2, 0.25) is 10.2 Å². The minimum atomic E-state index is -3.81. The average Bonchev–Trinajstić information content (AvgIpc) is 2.34. The molecule has 0 unspecified atom stereocenters. The van der Waals surface area contributed by atoms with E-state index in [1.165, 1.54) is 24.3 Å². The molecule has 1 aromatic carbocycles. The second kappa shape index (κ2) is 5.32. The van der Waals surface area contributed by atoms with Crippen LogP contribution in [0.5, 0.6) is 0 Å². The monoisotopic (exact) mass is 320 g/mol. The van der Waals surface area contributed by atoms with Gasteiger partial charge in [0.05, 0.1) is 10.7 Å². The van der Waals surface area contributed by atoms with Crippen molar-refractivity contribution in [2.45, 2.75) is 4.90 Å². The molecule has 1 heterocycles. The topological polar surface area (TPSA) is 59.1 Å². The molecular formula is C11H7Cl2FN2O2S. The SMILES string of the molecule is O=S(=O)(Nc1ccc(F)c(Cl)c1)c1ccc(Cl)nc1. The zero-order valence-corrected chi connectivity index (χ0v) is 11.6. The van der Waals surface area contributed by atoms with Crippen LogP contribution >= 0.6 is 23.2 Å². The highest BCUT2D eigenvalue weighted by Gasteiger charge is 2.15. The van der Waals surface area contributed by atoms with Crippen molar-refractivity contribution < 1.29 is 12.8 Å². The molecule has 4 nitrogen and oxygen atoms in total. The molecule has 19 heavy (non-hydrogen) atoms. The van der Waals surface area contributed by atoms with Crippen LogP contribution in [0.1, 0.15) is 0 Å². The maximum atomic E-state index is 13.0. The van der Waals surface area contributed by atoms with Gasteiger partial charge in [-0.2, -0.15) is 0 Å². The molecule has 100 valence electrons. The van der Waals surface area contributed by atoms with Gasteiger partial charge in [-0.05, 0) is 30.3 Å². The lowest BCUT2D eigenvalue weighted by atomic mass is 10.3. The summed E-state index contributed by atoms with van der Waals surface area (Å²) in [4.78, 5) is 3.62. The first-order valence-electron chi connectivity index (χ1n) is 4.98. The number of rotatable bonds is 3. The minimum Gasteiger partial charge on any atom is -0.280 e. The Labute approximate surface area is 119 Å². The number of sulfonamides is 1. The molecule has 0 saturated carbocycles. The second-order valence-electron chi connectivity index (χ2n) is 3.55. The molecule has 1 N–H and O–H groups in total. The summed E-state index contributed by atoms with van der Waals surface area (Å²) in [5.41, 5.74) is 0.154. The number of pyridine rings is 1. The first-order valence-corrected chi connectivity index (χ1v) is 7.22. The quantitative estimate of drug-likeness (QED) is 0.882. The van der Waals surface area contributed by atoms with Crippen molar-refractivity contribution in [3.05, 3.63) is 52.5 Å². The summed E-state index contributed by atoms with van der Waals surface area (Å²) in [6.45, 7) is 0. The number of nitrogens with one attached hydrogen (secondary N) is 1. The first kappa shape index (κ1) is 14.0. The van der Waals surface area contributed by atoms with Crippen LogP contribution in [0.15, 0.2) is 41.4 Å². The van der Waals surface area contributed by atoms with E-state index < -0.39 is 15.8 Å². The molecule has 0 bridgehead atoms. The van der Waals surface area contributed by atoms with Gasteiger partial charge in [-0.1, -0.05) is 23.2 Å². The summed E-state index contributed by atoms with van der Waals surface area (Å²) in [5.74, 6) is -0.627. The Morgan fingerprint density at radius 3 is 2.47 bits per heavy atom. The molecule has 2 rings (SSSR count). The van der Waals surface area contributed by atoms with Crippen LogP contribution in [0.3, 0.4) is 0 Å². The Hall–Kier alpha value is -1.37. The summed E-state index contributed by atoms with van der Waals surface area (Å²) < 4.78 is 39.2. The summed E-state index contributed by atoms with van der Waals surface area (Å²) in [6.07, 6.45) is 1.12. The van der Waals surface area contributed by atoms with Gasteiger partial charge >= 0.3 is 0 Å². The van der Waals surface area contributed by atoms with Crippen molar-refractivity contribution in [2.75, 3.05) is 4.72 Å². The van der Waals surface area contributed by atoms with Gasteiger partial charge in [-0.3, -0.25) is 4.72 Å². The molecule has 0 fully saturated rings. The Bertz CT molecular complexity index is 705. The minimum absolute atomic E-state index is 0.0580. The second-order valence-corrected chi connectivity index (χ2v) is 6.03. The van der Waals surface area contributed by atoms with Gasteiger partial charge in [-0.25, -0.2) is 17.8 Å². The predicted octanol–water partition coefficient (Wildman–Crippen LogP) is 3.33. The van der Waals surface area contributed by atoms with E-state index in [0.29, 0.717) is 0 Å². The van der Waals surface area contributed by atoms with Crippen molar-refractivity contribution in [3.8, 4) is 0 Å². The molecule has 2 aromatic rings. The van der Waals surface area contributed by atoms with Crippen molar-refractivity contribution in [1.82, 2.24) is 4.98 Å². The number of aromatic nitrogens is 1. The van der Waals surface area contributed by atoms with Gasteiger partial charge in [0, 0.05) is 6.20 Å². The van der Waals surface area contributed by atoms with E-state index >= 15 is 0 Å². The summed E-state index contributed by atoms with van der Waals surface area (Å²) >= 11 is 11.1. The third kappa shape index (κ3) is 3.34. The standard InChI is InChI=1S/C11H7Cl2FN2O2S/c12-9-5-7(1-3-10(9)14)16-19(17,18)8-2-4-11(13)15-6-8/h1-6,16H. The molecule has 0 saturated heterocycles. The molecule has 0 spiro atoms. The number of benzene rings is 1. The fraction of sp³-hybridized carbons (Fsp3) is 0. The van der Waals surface area contributed by atoms with E-state index in [2.05, 4.69) is 9.71 Å². The molecule has 8 heteroatoms. The number of hydrogen-bond acceptors (Lipinski definition) is 3. The Kier molecular flexibility index (Phi) is 3.93. The maximum Gasteiger partial charge on any atom is 0.263 e. The lowest BCUT2D eigenvalue weighted by molar-refractivity contribution is 0.600. The lowest BCUT2D eigenvalue weighted by Gasteiger charge is -2.08. The fourth-order valence-corrected chi connectivity index (χ4v) is 2.58. The fourth-order valence-electron chi connectivity index (χ4n) is 1.29. The average molecular weight is 321 g/mol. The number of halogens is 3. The Morgan fingerprint density at radius 2 is 1.89 bits per heavy atom. The first-order chi connectivity index (χ1) is 8.88. The highest BCUT2D eigenvalue weighted by Crippen LogP contribution is 2.22. The van der Waals surface area contributed by atoms with E-state index in [0.717, 1.165) is 12.3 Å². The summed E-state index contributed by atoms with van der Waals surface area (Å²) in [6, 6.07) is 6.18. The highest BCUT2D eigenvalue weighted by atomic mass is 35.5. The largest absolute Gasteiger partial charge is 0.280 e. The van der Waals surface area contributed by atoms with E-state index in [1.54, 1.807) is 0 Å². The number of nitrogens with zero attached hydrogens (tertiary/aromatic N) is 1. The van der Waals surface area contributed by atoms with Crippen LogP contribution < -0.4 is 4.72 Å².